The van der Waals surface area contributed by atoms with E-state index in [1.165, 1.54) is 0 Å². The van der Waals surface area contributed by atoms with Crippen LogP contribution >= 0.6 is 0 Å². The lowest BCUT2D eigenvalue weighted by atomic mass is 9.81. The number of hydrogen-bond donors (Lipinski definition) is 9. The molecule has 0 aromatic carbocycles. The normalized spacial score (nSPS) is 38.0. The van der Waals surface area contributed by atoms with Crippen molar-refractivity contribution in [2.75, 3.05) is 26.2 Å². The molecule has 10 atom stereocenters. The molecule has 9 N–H and O–H groups in total. The van der Waals surface area contributed by atoms with Crippen LogP contribution in [-0.4, -0.2) is 105 Å². The minimum atomic E-state index is -1.39. The second-order valence-corrected chi connectivity index (χ2v) is 13.9. The molecule has 0 aromatic heterocycles. The van der Waals surface area contributed by atoms with E-state index in [2.05, 4.69) is 40.0 Å². The Morgan fingerprint density at radius 2 is 2.00 bits per heavy atom. The highest BCUT2D eigenvalue weighted by Gasteiger charge is 2.37. The molecule has 10 nitrogen and oxygen atoms in total. The number of fused-ring (bicyclic) bond motifs is 2. The van der Waals surface area contributed by atoms with Crippen molar-refractivity contribution in [3.8, 4) is 11.8 Å². The molecule has 42 heavy (non-hydrogen) atoms. The van der Waals surface area contributed by atoms with Gasteiger partial charge in [0.1, 0.15) is 0 Å². The summed E-state index contributed by atoms with van der Waals surface area (Å²) in [4.78, 5) is 11.7. The van der Waals surface area contributed by atoms with Crippen molar-refractivity contribution in [1.82, 2.24) is 21.3 Å². The van der Waals surface area contributed by atoms with Crippen LogP contribution in [0.3, 0.4) is 0 Å². The molecule has 3 rings (SSSR count). The van der Waals surface area contributed by atoms with Crippen LogP contribution in [0.4, 0.5) is 0 Å². The second kappa shape index (κ2) is 16.7. The van der Waals surface area contributed by atoms with E-state index in [1.807, 2.05) is 6.92 Å². The summed E-state index contributed by atoms with van der Waals surface area (Å²) in [5.74, 6) is 5.95. The van der Waals surface area contributed by atoms with Crippen molar-refractivity contribution >= 4 is 5.97 Å². The molecule has 10 heteroatoms. The summed E-state index contributed by atoms with van der Waals surface area (Å²) < 4.78 is 0. The Bertz CT molecular complexity index is 896. The van der Waals surface area contributed by atoms with Gasteiger partial charge in [-0.2, -0.15) is 0 Å². The maximum absolute atomic E-state index is 11.7. The number of carbonyl (C=O) groups is 1. The van der Waals surface area contributed by atoms with Crippen LogP contribution in [0.2, 0.25) is 0 Å². The van der Waals surface area contributed by atoms with Crippen LogP contribution in [0.5, 0.6) is 0 Å². The molecule has 3 heterocycles. The van der Waals surface area contributed by atoms with Gasteiger partial charge >= 0.3 is 5.97 Å². The molecule has 3 aliphatic heterocycles. The largest absolute Gasteiger partial charge is 0.481 e. The minimum Gasteiger partial charge on any atom is -0.481 e. The smallest absolute Gasteiger partial charge is 0.306 e. The first kappa shape index (κ1) is 35.2. The molecule has 0 spiro atoms. The van der Waals surface area contributed by atoms with Gasteiger partial charge in [0.25, 0.3) is 0 Å². The standard InChI is InChI=1S/C32H58N4O6/c1-22(38)19-34-26(16-27-9-10-29(39)23(2)36-27)8-7-24-5-4-6-28-17-31(3,13-14-33-28)35-21-32(42,18-30(40)41)12-11-25(15-24)20-37/h22-29,33-39,42H,6-21H2,1-3H3,(H,40,41)/t22-,23-,24+,25-,26+,27-,28+,29+,31-,32+/m0/s1. The zero-order chi connectivity index (χ0) is 30.8. The number of nitrogens with one attached hydrogen (secondary N) is 4. The minimum absolute atomic E-state index is 0.0351. The first-order valence-electron chi connectivity index (χ1n) is 16.3. The third-order valence-electron chi connectivity index (χ3n) is 9.70. The number of aliphatic hydroxyl groups is 4. The molecule has 242 valence electrons. The monoisotopic (exact) mass is 594 g/mol. The predicted octanol–water partition coefficient (Wildman–Crippen LogP) is 1.11. The topological polar surface area (TPSA) is 166 Å². The lowest BCUT2D eigenvalue weighted by Gasteiger charge is -2.42. The number of aliphatic carboxylic acids is 1. The molecule has 0 radical (unpaired) electrons. The molecule has 2 saturated heterocycles. The van der Waals surface area contributed by atoms with Crippen LogP contribution in [-0.2, 0) is 4.79 Å². The van der Waals surface area contributed by atoms with Crippen LogP contribution in [0.25, 0.3) is 0 Å². The van der Waals surface area contributed by atoms with E-state index in [0.717, 1.165) is 51.5 Å². The number of aliphatic hydroxyl groups excluding tert-OH is 3. The Hall–Kier alpha value is -1.29. The highest BCUT2D eigenvalue weighted by molar-refractivity contribution is 5.68. The maximum Gasteiger partial charge on any atom is 0.306 e. The van der Waals surface area contributed by atoms with Crippen LogP contribution in [0, 0.1) is 23.7 Å². The SMILES string of the molecule is C[C@H](O)CN[C@H](CC[C@H]1C#CC[C@@H]2C[C@](C)(CCN2)NC[C@](O)(CC(=O)O)CC[C@H](CO)C1)C[C@@H]1CC[C@@H](O)[C@H](C)N1. The number of carboxylic acid groups (broad SMARTS) is 1. The number of hydrogen-bond acceptors (Lipinski definition) is 9. The van der Waals surface area contributed by atoms with Gasteiger partial charge in [-0.3, -0.25) is 4.79 Å². The first-order chi connectivity index (χ1) is 19.9. The highest BCUT2D eigenvalue weighted by Crippen LogP contribution is 2.30. The van der Waals surface area contributed by atoms with Gasteiger partial charge in [0.2, 0.25) is 0 Å². The summed E-state index contributed by atoms with van der Waals surface area (Å²) in [5.41, 5.74) is -1.60. The molecule has 0 saturated carbocycles. The van der Waals surface area contributed by atoms with Gasteiger partial charge < -0.3 is 46.8 Å². The van der Waals surface area contributed by atoms with Crippen LogP contribution in [0.15, 0.2) is 0 Å². The van der Waals surface area contributed by atoms with Crippen molar-refractivity contribution in [2.45, 2.75) is 145 Å². The fourth-order valence-electron chi connectivity index (χ4n) is 6.97. The lowest BCUT2D eigenvalue weighted by molar-refractivity contribution is -0.143. The summed E-state index contributed by atoms with van der Waals surface area (Å²) in [6.07, 6.45) is 7.15. The molecule has 0 unspecified atom stereocenters. The van der Waals surface area contributed by atoms with E-state index in [-0.39, 0.29) is 61.2 Å². The van der Waals surface area contributed by atoms with Gasteiger partial charge in [-0.15, -0.1) is 5.92 Å². The van der Waals surface area contributed by atoms with Crippen molar-refractivity contribution in [3.05, 3.63) is 0 Å². The second-order valence-electron chi connectivity index (χ2n) is 13.9. The van der Waals surface area contributed by atoms with Gasteiger partial charge in [-0.25, -0.2) is 0 Å². The van der Waals surface area contributed by atoms with Crippen LogP contribution in [0.1, 0.15) is 97.8 Å². The van der Waals surface area contributed by atoms with Gasteiger partial charge in [0.15, 0.2) is 0 Å². The van der Waals surface area contributed by atoms with E-state index in [1.54, 1.807) is 6.92 Å². The Morgan fingerprint density at radius 3 is 2.69 bits per heavy atom. The Morgan fingerprint density at radius 1 is 1.21 bits per heavy atom. The average Bonchev–Trinajstić information content (AvgIpc) is 2.92. The molecule has 2 bridgehead atoms. The Balaban J connectivity index is 1.74. The number of β-amino-alcohol motifs (C(OH)–C–C–N with tert-alkyl or cyclic N) is 1. The summed E-state index contributed by atoms with van der Waals surface area (Å²) >= 11 is 0. The number of rotatable bonds is 11. The van der Waals surface area contributed by atoms with E-state index >= 15 is 0 Å². The van der Waals surface area contributed by atoms with E-state index in [4.69, 9.17) is 0 Å². The predicted molar refractivity (Wildman–Crippen MR) is 164 cm³/mol. The average molecular weight is 595 g/mol. The number of carboxylic acids is 1. The van der Waals surface area contributed by atoms with Crippen molar-refractivity contribution in [2.24, 2.45) is 11.8 Å². The molecule has 2 fully saturated rings. The molecule has 0 amide bonds. The van der Waals surface area contributed by atoms with Crippen molar-refractivity contribution < 1.29 is 30.3 Å². The fourth-order valence-corrected chi connectivity index (χ4v) is 6.97. The van der Waals surface area contributed by atoms with Gasteiger partial charge in [-0.1, -0.05) is 5.92 Å². The van der Waals surface area contributed by atoms with Crippen molar-refractivity contribution in [1.29, 1.82) is 0 Å². The molecule has 0 aromatic rings. The third kappa shape index (κ3) is 12.0. The van der Waals surface area contributed by atoms with E-state index < -0.39 is 17.7 Å². The van der Waals surface area contributed by atoms with Gasteiger partial charge in [0, 0.05) is 61.7 Å². The summed E-state index contributed by atoms with van der Waals surface area (Å²) in [5, 5.41) is 65.5. The first-order valence-corrected chi connectivity index (χ1v) is 16.3. The van der Waals surface area contributed by atoms with Gasteiger partial charge in [0.05, 0.1) is 24.2 Å². The Kier molecular flexibility index (Phi) is 14.0. The van der Waals surface area contributed by atoms with Crippen LogP contribution < -0.4 is 21.3 Å². The summed E-state index contributed by atoms with van der Waals surface area (Å²) in [6, 6.07) is 0.739. The zero-order valence-corrected chi connectivity index (χ0v) is 26.1. The highest BCUT2D eigenvalue weighted by atomic mass is 16.4. The molecular weight excluding hydrogens is 536 g/mol. The molecular formula is C32H58N4O6. The summed E-state index contributed by atoms with van der Waals surface area (Å²) in [7, 11) is 0. The quantitative estimate of drug-likeness (QED) is 0.158. The lowest BCUT2D eigenvalue weighted by Crippen LogP contribution is -2.57. The third-order valence-corrected chi connectivity index (χ3v) is 9.70. The number of piperidine rings is 2. The fraction of sp³-hybridized carbons (Fsp3) is 0.906. The zero-order valence-electron chi connectivity index (χ0n) is 26.1. The van der Waals surface area contributed by atoms with Crippen molar-refractivity contribution in [3.63, 3.8) is 0 Å². The Labute approximate surface area is 252 Å². The van der Waals surface area contributed by atoms with E-state index in [0.29, 0.717) is 38.3 Å². The maximum atomic E-state index is 11.7. The van der Waals surface area contributed by atoms with E-state index in [9.17, 15) is 30.3 Å². The van der Waals surface area contributed by atoms with Gasteiger partial charge in [-0.05, 0) is 97.4 Å². The summed E-state index contributed by atoms with van der Waals surface area (Å²) in [6.45, 7) is 7.46. The molecule has 3 aliphatic rings. The molecule has 0 aliphatic carbocycles.